The Kier molecular flexibility index (Phi) is 7.13. The first-order valence-electron chi connectivity index (χ1n) is 14.6. The van der Waals surface area contributed by atoms with Crippen LogP contribution < -0.4 is 0 Å². The Morgan fingerprint density at radius 1 is 0.295 bits per heavy atom. The van der Waals surface area contributed by atoms with Gasteiger partial charge in [-0.2, -0.15) is 0 Å². The minimum absolute atomic E-state index is 0. The van der Waals surface area contributed by atoms with Crippen molar-refractivity contribution in [2.24, 2.45) is 0 Å². The van der Waals surface area contributed by atoms with E-state index < -0.39 is 0 Å². The third-order valence-electron chi connectivity index (χ3n) is 8.23. The van der Waals surface area contributed by atoms with Crippen molar-refractivity contribution in [2.75, 3.05) is 0 Å². The van der Waals surface area contributed by atoms with Crippen molar-refractivity contribution in [3.05, 3.63) is 163 Å². The van der Waals surface area contributed by atoms with E-state index in [1.165, 1.54) is 44.5 Å². The topological polar surface area (TPSA) is 38.7 Å². The van der Waals surface area contributed by atoms with Crippen molar-refractivity contribution >= 4 is 0 Å². The van der Waals surface area contributed by atoms with Crippen molar-refractivity contribution in [1.82, 2.24) is 15.0 Å². The molecular formula is C41H31N3. The zero-order chi connectivity index (χ0) is 28.6. The Balaban J connectivity index is 0.00000312. The third-order valence-corrected chi connectivity index (χ3v) is 8.23. The van der Waals surface area contributed by atoms with Crippen LogP contribution in [-0.2, 0) is 6.42 Å². The lowest BCUT2D eigenvalue weighted by Gasteiger charge is -2.11. The van der Waals surface area contributed by atoms with Crippen LogP contribution in [-0.4, -0.2) is 15.0 Å². The molecule has 0 unspecified atom stereocenters. The van der Waals surface area contributed by atoms with Gasteiger partial charge >= 0.3 is 0 Å². The molecule has 0 amide bonds. The van der Waals surface area contributed by atoms with Gasteiger partial charge in [0, 0.05) is 16.7 Å². The first-order valence-corrected chi connectivity index (χ1v) is 14.6. The Bertz CT molecular complexity index is 2010. The van der Waals surface area contributed by atoms with Crippen molar-refractivity contribution in [3.63, 3.8) is 0 Å². The lowest BCUT2D eigenvalue weighted by molar-refractivity contribution is 1.07. The number of fused-ring (bicyclic) bond motifs is 3. The fourth-order valence-corrected chi connectivity index (χ4v) is 6.13. The van der Waals surface area contributed by atoms with E-state index in [1.54, 1.807) is 0 Å². The minimum Gasteiger partial charge on any atom is -0.208 e. The predicted octanol–water partition coefficient (Wildman–Crippen LogP) is 10.4. The van der Waals surface area contributed by atoms with Crippen molar-refractivity contribution in [1.29, 1.82) is 0 Å². The second-order valence-corrected chi connectivity index (χ2v) is 10.8. The van der Waals surface area contributed by atoms with Gasteiger partial charge in [-0.05, 0) is 50.9 Å². The molecule has 1 aromatic heterocycles. The van der Waals surface area contributed by atoms with Crippen LogP contribution in [0.4, 0.5) is 0 Å². The molecule has 3 heteroatoms. The van der Waals surface area contributed by atoms with E-state index in [-0.39, 0.29) is 7.43 Å². The van der Waals surface area contributed by atoms with Crippen LogP contribution in [0.3, 0.4) is 0 Å². The van der Waals surface area contributed by atoms with Crippen LogP contribution in [0.5, 0.6) is 0 Å². The molecule has 8 rings (SSSR count). The van der Waals surface area contributed by atoms with Crippen LogP contribution in [0, 0.1) is 0 Å². The Morgan fingerprint density at radius 2 is 0.614 bits per heavy atom. The molecule has 0 radical (unpaired) electrons. The van der Waals surface area contributed by atoms with E-state index in [9.17, 15) is 0 Å². The summed E-state index contributed by atoms with van der Waals surface area (Å²) in [5.41, 5.74) is 13.4. The predicted molar refractivity (Wildman–Crippen MR) is 182 cm³/mol. The summed E-state index contributed by atoms with van der Waals surface area (Å²) in [7, 11) is 0. The first kappa shape index (κ1) is 27.2. The monoisotopic (exact) mass is 565 g/mol. The number of hydrogen-bond acceptors (Lipinski definition) is 3. The molecule has 7 aromatic rings. The van der Waals surface area contributed by atoms with Gasteiger partial charge in [0.25, 0.3) is 0 Å². The number of aromatic nitrogens is 3. The van der Waals surface area contributed by atoms with Crippen molar-refractivity contribution in [3.8, 4) is 67.5 Å². The molecule has 1 aliphatic carbocycles. The molecule has 0 bridgehead atoms. The van der Waals surface area contributed by atoms with Crippen LogP contribution in [0.2, 0.25) is 0 Å². The number of benzene rings is 6. The maximum atomic E-state index is 4.90. The molecule has 0 fully saturated rings. The van der Waals surface area contributed by atoms with Gasteiger partial charge in [0.15, 0.2) is 17.5 Å². The Labute approximate surface area is 258 Å². The van der Waals surface area contributed by atoms with Crippen LogP contribution in [0.1, 0.15) is 18.6 Å². The molecule has 0 N–H and O–H groups in total. The fraction of sp³-hybridized carbons (Fsp3) is 0.0488. The SMILES string of the molecule is C.c1ccc(-c2nc(-c3ccccc3)nc(-c3ccc(-c4cccc5c4Cc4c(-c6ccccc6)cccc4-5)cc3)n2)cc1. The zero-order valence-electron chi connectivity index (χ0n) is 23.5. The van der Waals surface area contributed by atoms with Gasteiger partial charge < -0.3 is 0 Å². The summed E-state index contributed by atoms with van der Waals surface area (Å²) >= 11 is 0. The lowest BCUT2D eigenvalue weighted by Crippen LogP contribution is -2.00. The second-order valence-electron chi connectivity index (χ2n) is 10.8. The highest BCUT2D eigenvalue weighted by Gasteiger charge is 2.24. The van der Waals surface area contributed by atoms with E-state index in [0.717, 1.165) is 23.1 Å². The van der Waals surface area contributed by atoms with Gasteiger partial charge in [-0.1, -0.05) is 159 Å². The van der Waals surface area contributed by atoms with Gasteiger partial charge in [-0.25, -0.2) is 15.0 Å². The molecule has 210 valence electrons. The second kappa shape index (κ2) is 11.5. The van der Waals surface area contributed by atoms with Gasteiger partial charge in [-0.15, -0.1) is 0 Å². The average Bonchev–Trinajstić information content (AvgIpc) is 3.49. The number of nitrogens with zero attached hydrogens (tertiary/aromatic N) is 3. The van der Waals surface area contributed by atoms with Crippen LogP contribution in [0.25, 0.3) is 67.5 Å². The van der Waals surface area contributed by atoms with E-state index in [4.69, 9.17) is 15.0 Å². The maximum Gasteiger partial charge on any atom is 0.164 e. The highest BCUT2D eigenvalue weighted by atomic mass is 15.0. The number of hydrogen-bond donors (Lipinski definition) is 0. The molecule has 0 spiro atoms. The lowest BCUT2D eigenvalue weighted by atomic mass is 9.95. The van der Waals surface area contributed by atoms with Gasteiger partial charge in [0.2, 0.25) is 0 Å². The minimum atomic E-state index is 0. The Morgan fingerprint density at radius 3 is 1.05 bits per heavy atom. The molecule has 0 aliphatic heterocycles. The summed E-state index contributed by atoms with van der Waals surface area (Å²) in [6.07, 6.45) is 0.919. The van der Waals surface area contributed by atoms with Crippen molar-refractivity contribution < 1.29 is 0 Å². The molecule has 1 aliphatic rings. The molecule has 0 saturated carbocycles. The summed E-state index contributed by atoms with van der Waals surface area (Å²) < 4.78 is 0. The first-order chi connectivity index (χ1) is 21.3. The van der Waals surface area contributed by atoms with Gasteiger partial charge in [0.05, 0.1) is 0 Å². The smallest absolute Gasteiger partial charge is 0.164 e. The summed E-state index contributed by atoms with van der Waals surface area (Å²) in [4.78, 5) is 14.6. The fourth-order valence-electron chi connectivity index (χ4n) is 6.13. The average molecular weight is 566 g/mol. The number of rotatable bonds is 5. The molecule has 0 saturated heterocycles. The largest absolute Gasteiger partial charge is 0.208 e. The zero-order valence-corrected chi connectivity index (χ0v) is 23.5. The summed E-state index contributed by atoms with van der Waals surface area (Å²) in [5, 5.41) is 0. The molecule has 44 heavy (non-hydrogen) atoms. The highest BCUT2D eigenvalue weighted by molar-refractivity contribution is 5.89. The summed E-state index contributed by atoms with van der Waals surface area (Å²) in [5.74, 6) is 2.00. The van der Waals surface area contributed by atoms with Crippen LogP contribution >= 0.6 is 0 Å². The third kappa shape index (κ3) is 4.89. The van der Waals surface area contributed by atoms with E-state index in [2.05, 4.69) is 91.0 Å². The molecular weight excluding hydrogens is 534 g/mol. The highest BCUT2D eigenvalue weighted by Crippen LogP contribution is 2.45. The molecule has 1 heterocycles. The van der Waals surface area contributed by atoms with Gasteiger partial charge in [-0.3, -0.25) is 0 Å². The molecule has 0 atom stereocenters. The molecule has 3 nitrogen and oxygen atoms in total. The van der Waals surface area contributed by atoms with Crippen molar-refractivity contribution in [2.45, 2.75) is 13.8 Å². The van der Waals surface area contributed by atoms with E-state index in [0.29, 0.717) is 17.5 Å². The maximum absolute atomic E-state index is 4.90. The summed E-state index contributed by atoms with van der Waals surface area (Å²) in [6.45, 7) is 0. The van der Waals surface area contributed by atoms with E-state index >= 15 is 0 Å². The summed E-state index contributed by atoms with van der Waals surface area (Å²) in [6, 6.07) is 52.9. The van der Waals surface area contributed by atoms with Crippen LogP contribution in [0.15, 0.2) is 152 Å². The molecule has 6 aromatic carbocycles. The standard InChI is InChI=1S/C40H27N3.CH4/c1-4-12-27(13-5-1)32-18-10-20-34-35-21-11-19-33(37(35)26-36(32)34)28-22-24-31(25-23-28)40-42-38(29-14-6-2-7-15-29)41-39(43-40)30-16-8-3-9-17-30;/h1-25H,26H2;1H4. The quantitative estimate of drug-likeness (QED) is 0.208. The normalized spacial score (nSPS) is 11.4. The van der Waals surface area contributed by atoms with Gasteiger partial charge in [0.1, 0.15) is 0 Å². The van der Waals surface area contributed by atoms with E-state index in [1.807, 2.05) is 60.7 Å². The Hall–Kier alpha value is -5.67.